The van der Waals surface area contributed by atoms with Gasteiger partial charge in [-0.1, -0.05) is 54.6 Å². The van der Waals surface area contributed by atoms with Crippen LogP contribution in [0.25, 0.3) is 5.76 Å². The molecule has 7 heteroatoms. The number of fused-ring (bicyclic) bond motifs is 2. The lowest BCUT2D eigenvalue weighted by atomic mass is 9.75. The molecule has 156 valence electrons. The molecule has 0 spiro atoms. The third-order valence-corrected chi connectivity index (χ3v) is 5.77. The summed E-state index contributed by atoms with van der Waals surface area (Å²) >= 11 is 0. The van der Waals surface area contributed by atoms with E-state index in [-0.39, 0.29) is 28.1 Å². The van der Waals surface area contributed by atoms with Crippen molar-refractivity contribution in [2.75, 3.05) is 5.32 Å². The summed E-state index contributed by atoms with van der Waals surface area (Å²) < 4.78 is 0. The summed E-state index contributed by atoms with van der Waals surface area (Å²) in [6, 6.07) is 17.1. The van der Waals surface area contributed by atoms with E-state index < -0.39 is 40.0 Å². The van der Waals surface area contributed by atoms with Crippen molar-refractivity contribution >= 4 is 34.7 Å². The predicted molar refractivity (Wildman–Crippen MR) is 116 cm³/mol. The molecule has 2 aromatic carbocycles. The van der Waals surface area contributed by atoms with Crippen LogP contribution in [-0.4, -0.2) is 38.8 Å². The monoisotopic (exact) mass is 424 g/mol. The number of nitrogens with one attached hydrogen (secondary N) is 1. The fourth-order valence-electron chi connectivity index (χ4n) is 4.31. The molecular formula is C25H16N2O5. The topological polar surface area (TPSA) is 113 Å². The van der Waals surface area contributed by atoms with Gasteiger partial charge in [0.15, 0.2) is 5.54 Å². The van der Waals surface area contributed by atoms with E-state index in [1.54, 1.807) is 49.4 Å². The van der Waals surface area contributed by atoms with Crippen LogP contribution in [0.2, 0.25) is 0 Å². The van der Waals surface area contributed by atoms with Gasteiger partial charge in [0.25, 0.3) is 0 Å². The summed E-state index contributed by atoms with van der Waals surface area (Å²) in [5.74, 6) is -3.91. The summed E-state index contributed by atoms with van der Waals surface area (Å²) in [7, 11) is 0. The molecule has 1 aromatic heterocycles. The van der Waals surface area contributed by atoms with Crippen LogP contribution in [-0.2, 0) is 4.79 Å². The van der Waals surface area contributed by atoms with Crippen molar-refractivity contribution < 1.29 is 24.3 Å². The van der Waals surface area contributed by atoms with Crippen molar-refractivity contribution in [2.24, 2.45) is 0 Å². The van der Waals surface area contributed by atoms with Crippen LogP contribution in [0.5, 0.6) is 0 Å². The Morgan fingerprint density at radius 3 is 1.88 bits per heavy atom. The number of anilines is 1. The molecule has 2 N–H and O–H groups in total. The van der Waals surface area contributed by atoms with Gasteiger partial charge in [-0.3, -0.25) is 19.2 Å². The summed E-state index contributed by atoms with van der Waals surface area (Å²) in [5, 5.41) is 13.9. The largest absolute Gasteiger partial charge is 0.507 e. The molecular weight excluding hydrogens is 408 g/mol. The lowest BCUT2D eigenvalue weighted by Crippen LogP contribution is -2.55. The van der Waals surface area contributed by atoms with E-state index in [1.165, 1.54) is 24.3 Å². The van der Waals surface area contributed by atoms with Crippen molar-refractivity contribution in [3.63, 3.8) is 0 Å². The first-order valence-electron chi connectivity index (χ1n) is 9.89. The van der Waals surface area contributed by atoms with Crippen LogP contribution in [0.1, 0.15) is 42.3 Å². The summed E-state index contributed by atoms with van der Waals surface area (Å²) in [6.07, 6.45) is 0. The fraction of sp³-hybridized carbons (Fsp3) is 0.0800. The van der Waals surface area contributed by atoms with Gasteiger partial charge in [0, 0.05) is 27.9 Å². The molecule has 0 radical (unpaired) electrons. The quantitative estimate of drug-likeness (QED) is 0.490. The first-order valence-corrected chi connectivity index (χ1v) is 9.89. The summed E-state index contributed by atoms with van der Waals surface area (Å²) in [4.78, 5) is 57.9. The van der Waals surface area contributed by atoms with E-state index in [2.05, 4.69) is 10.3 Å². The molecule has 1 heterocycles. The van der Waals surface area contributed by atoms with Crippen molar-refractivity contribution in [1.29, 1.82) is 0 Å². The molecule has 0 saturated carbocycles. The van der Waals surface area contributed by atoms with Gasteiger partial charge in [-0.15, -0.1) is 0 Å². The van der Waals surface area contributed by atoms with Gasteiger partial charge in [0.05, 0.1) is 5.57 Å². The Kier molecular flexibility index (Phi) is 4.17. The first kappa shape index (κ1) is 19.6. The second kappa shape index (κ2) is 6.81. The van der Waals surface area contributed by atoms with E-state index in [0.29, 0.717) is 5.69 Å². The number of aliphatic hydroxyl groups is 1. The molecule has 5 rings (SSSR count). The maximum atomic E-state index is 13.7. The maximum Gasteiger partial charge on any atom is 0.236 e. The van der Waals surface area contributed by atoms with Crippen molar-refractivity contribution in [1.82, 2.24) is 4.98 Å². The number of aryl methyl sites for hydroxylation is 1. The number of carbonyl (C=O) groups excluding carboxylic acids is 4. The van der Waals surface area contributed by atoms with Crippen LogP contribution < -0.4 is 5.32 Å². The Bertz CT molecular complexity index is 1370. The van der Waals surface area contributed by atoms with Gasteiger partial charge in [0.2, 0.25) is 23.1 Å². The number of hydrogen-bond acceptors (Lipinski definition) is 7. The minimum Gasteiger partial charge on any atom is -0.507 e. The number of carbonyl (C=O) groups is 4. The van der Waals surface area contributed by atoms with Crippen molar-refractivity contribution in [2.45, 2.75) is 12.5 Å². The van der Waals surface area contributed by atoms with Crippen LogP contribution >= 0.6 is 0 Å². The molecule has 0 unspecified atom stereocenters. The Labute approximate surface area is 182 Å². The molecule has 0 aliphatic heterocycles. The standard InChI is InChI=1S/C25H16N2O5/c1-13-7-6-12-18(26-13)27-25(23(31)16-10-4-5-11-17(16)24(25)32)19-20(28)14-8-2-3-9-15(14)21(29)22(19)30/h2-12,28H,1H3,(H,26,27). The normalized spacial score (nSPS) is 16.8. The van der Waals surface area contributed by atoms with Crippen LogP contribution in [0.15, 0.2) is 72.3 Å². The van der Waals surface area contributed by atoms with Crippen molar-refractivity contribution in [3.8, 4) is 0 Å². The SMILES string of the molecule is Cc1cccc(NC2(C3=C(O)c4ccccc4C(=O)C3=O)C(=O)c3ccccc3C2=O)n1. The maximum absolute atomic E-state index is 13.7. The van der Waals surface area contributed by atoms with Crippen LogP contribution in [0.4, 0.5) is 5.82 Å². The number of hydrogen-bond donors (Lipinski definition) is 2. The first-order chi connectivity index (χ1) is 15.4. The van der Waals surface area contributed by atoms with Crippen molar-refractivity contribution in [3.05, 3.63) is 100 Å². The lowest BCUT2D eigenvalue weighted by molar-refractivity contribution is -0.112. The average Bonchev–Trinajstić information content (AvgIpc) is 3.00. The number of ketones is 4. The highest BCUT2D eigenvalue weighted by Crippen LogP contribution is 2.43. The van der Waals surface area contributed by atoms with Gasteiger partial charge in [-0.05, 0) is 19.1 Å². The van der Waals surface area contributed by atoms with Gasteiger partial charge < -0.3 is 10.4 Å². The van der Waals surface area contributed by atoms with Gasteiger partial charge in [-0.25, -0.2) is 4.98 Å². The predicted octanol–water partition coefficient (Wildman–Crippen LogP) is 3.35. The Hall–Kier alpha value is -4.39. The average molecular weight is 424 g/mol. The number of aliphatic hydroxyl groups excluding tert-OH is 1. The Morgan fingerprint density at radius 2 is 1.28 bits per heavy atom. The van der Waals surface area contributed by atoms with E-state index in [9.17, 15) is 24.3 Å². The highest BCUT2D eigenvalue weighted by molar-refractivity contribution is 6.56. The zero-order chi connectivity index (χ0) is 22.6. The third-order valence-electron chi connectivity index (χ3n) is 5.77. The van der Waals surface area contributed by atoms with E-state index >= 15 is 0 Å². The Balaban J connectivity index is 1.83. The molecule has 0 saturated heterocycles. The molecule has 7 nitrogen and oxygen atoms in total. The number of aromatic nitrogens is 1. The molecule has 2 aliphatic rings. The Morgan fingerprint density at radius 1 is 0.719 bits per heavy atom. The second-order valence-electron chi connectivity index (χ2n) is 7.67. The fourth-order valence-corrected chi connectivity index (χ4v) is 4.31. The van der Waals surface area contributed by atoms with Crippen LogP contribution in [0.3, 0.4) is 0 Å². The van der Waals surface area contributed by atoms with E-state index in [0.717, 1.165) is 0 Å². The summed E-state index contributed by atoms with van der Waals surface area (Å²) in [6.45, 7) is 1.73. The van der Waals surface area contributed by atoms with E-state index in [1.807, 2.05) is 0 Å². The van der Waals surface area contributed by atoms with Gasteiger partial charge in [0.1, 0.15) is 11.6 Å². The number of Topliss-reactive ketones (excluding diaryl/α,β-unsaturated/α-hetero) is 4. The number of nitrogens with zero attached hydrogens (tertiary/aromatic N) is 1. The van der Waals surface area contributed by atoms with E-state index in [4.69, 9.17) is 0 Å². The minimum absolute atomic E-state index is 0.0120. The second-order valence-corrected chi connectivity index (χ2v) is 7.67. The smallest absolute Gasteiger partial charge is 0.236 e. The molecule has 0 bridgehead atoms. The zero-order valence-corrected chi connectivity index (χ0v) is 16.9. The van der Waals surface area contributed by atoms with Gasteiger partial charge >= 0.3 is 0 Å². The zero-order valence-electron chi connectivity index (χ0n) is 16.9. The highest BCUT2D eigenvalue weighted by atomic mass is 16.3. The van der Waals surface area contributed by atoms with Crippen LogP contribution in [0, 0.1) is 6.92 Å². The lowest BCUT2D eigenvalue weighted by Gasteiger charge is -2.32. The number of benzene rings is 2. The molecule has 2 aliphatic carbocycles. The molecule has 0 fully saturated rings. The third kappa shape index (κ3) is 2.51. The molecule has 3 aromatic rings. The molecule has 32 heavy (non-hydrogen) atoms. The highest BCUT2D eigenvalue weighted by Gasteiger charge is 2.60. The number of rotatable bonds is 3. The van der Waals surface area contributed by atoms with Gasteiger partial charge in [-0.2, -0.15) is 0 Å². The summed E-state index contributed by atoms with van der Waals surface area (Å²) in [5.41, 5.74) is -2.02. The minimum atomic E-state index is -2.32. The molecule has 0 amide bonds. The molecule has 0 atom stereocenters. The number of pyridine rings is 1.